The van der Waals surface area contributed by atoms with E-state index < -0.39 is 5.67 Å². The van der Waals surface area contributed by atoms with Gasteiger partial charge in [-0.2, -0.15) is 0 Å². The van der Waals surface area contributed by atoms with Crippen molar-refractivity contribution in [3.8, 4) is 11.1 Å². The monoisotopic (exact) mass is 495 g/mol. The first kappa shape index (κ1) is 24.7. The third kappa shape index (κ3) is 5.13. The second kappa shape index (κ2) is 10.5. The molecule has 1 aliphatic heterocycles. The summed E-state index contributed by atoms with van der Waals surface area (Å²) in [5, 5.41) is 6.78. The van der Waals surface area contributed by atoms with E-state index in [1.807, 2.05) is 42.5 Å². The van der Waals surface area contributed by atoms with Crippen LogP contribution in [0.5, 0.6) is 0 Å². The molecule has 1 fully saturated rings. The highest BCUT2D eigenvalue weighted by Crippen LogP contribution is 2.36. The van der Waals surface area contributed by atoms with Gasteiger partial charge in [0.15, 0.2) is 5.67 Å². The molecule has 0 radical (unpaired) electrons. The smallest absolute Gasteiger partial charge is 0.182 e. The zero-order valence-corrected chi connectivity index (χ0v) is 20.6. The summed E-state index contributed by atoms with van der Waals surface area (Å²) in [6.45, 7) is 3.30. The van der Waals surface area contributed by atoms with Crippen LogP contribution >= 0.6 is 24.0 Å². The number of rotatable bonds is 7. The fraction of sp³-hybridized carbons (Fsp3) is 0.241. The van der Waals surface area contributed by atoms with Crippen LogP contribution < -0.4 is 5.32 Å². The second-order valence-corrected chi connectivity index (χ2v) is 9.32. The average Bonchev–Trinajstić information content (AvgIpc) is 2.82. The number of fused-ring (bicyclic) bond motifs is 1. The lowest BCUT2D eigenvalue weighted by molar-refractivity contribution is -0.135. The van der Waals surface area contributed by atoms with Crippen molar-refractivity contribution in [1.29, 1.82) is 0 Å². The first-order valence-electron chi connectivity index (χ1n) is 11.4. The Balaban J connectivity index is 0.00000274. The predicted octanol–water partition coefficient (Wildman–Crippen LogP) is 7.67. The molecule has 1 unspecified atom stereocenters. The van der Waals surface area contributed by atoms with Crippen LogP contribution in [-0.2, 0) is 16.8 Å². The molecule has 4 aromatic rings. The quantitative estimate of drug-likeness (QED) is 0.284. The number of ether oxygens (including phenoxy) is 1. The summed E-state index contributed by atoms with van der Waals surface area (Å²) in [6, 6.07) is 29.0. The molecule has 1 atom stereocenters. The molecule has 176 valence electrons. The summed E-state index contributed by atoms with van der Waals surface area (Å²) >= 11 is 6.14. The molecule has 1 aliphatic rings. The molecule has 1 heterocycles. The van der Waals surface area contributed by atoms with Gasteiger partial charge in [-0.25, -0.2) is 4.39 Å². The average molecular weight is 496 g/mol. The molecule has 0 aromatic heterocycles. The van der Waals surface area contributed by atoms with Crippen LogP contribution in [0.15, 0.2) is 84.9 Å². The van der Waals surface area contributed by atoms with E-state index in [1.165, 1.54) is 27.5 Å². The minimum atomic E-state index is -1.34. The molecule has 5 heteroatoms. The largest absolute Gasteiger partial charge is 0.374 e. The van der Waals surface area contributed by atoms with Crippen LogP contribution in [0.2, 0.25) is 5.02 Å². The van der Waals surface area contributed by atoms with Crippen LogP contribution in [-0.4, -0.2) is 19.8 Å². The van der Waals surface area contributed by atoms with Gasteiger partial charge in [-0.05, 0) is 70.6 Å². The van der Waals surface area contributed by atoms with Gasteiger partial charge in [-0.1, -0.05) is 84.4 Å². The number of nitrogens with one attached hydrogen (secondary N) is 1. The van der Waals surface area contributed by atoms with Crippen molar-refractivity contribution < 1.29 is 9.13 Å². The molecule has 1 N–H and O–H groups in total. The molecule has 5 rings (SSSR count). The Kier molecular flexibility index (Phi) is 7.59. The summed E-state index contributed by atoms with van der Waals surface area (Å²) < 4.78 is 19.8. The third-order valence-corrected chi connectivity index (χ3v) is 6.74. The SMILES string of the molecule is CC(NCCc1cc(-c2ccc(C3(F)COC3)cc2)c2ccccc2c1)c1cccc(Cl)c1.Cl. The van der Waals surface area contributed by atoms with Gasteiger partial charge < -0.3 is 10.1 Å². The van der Waals surface area contributed by atoms with Gasteiger partial charge in [-0.3, -0.25) is 0 Å². The number of hydrogen-bond donors (Lipinski definition) is 1. The number of halogens is 3. The molecule has 0 amide bonds. The molecular weight excluding hydrogens is 468 g/mol. The molecule has 0 bridgehead atoms. The Bertz CT molecular complexity index is 1270. The maximum Gasteiger partial charge on any atom is 0.182 e. The first-order chi connectivity index (χ1) is 16.0. The van der Waals surface area contributed by atoms with Gasteiger partial charge in [0.1, 0.15) is 0 Å². The lowest BCUT2D eigenvalue weighted by atomic mass is 9.90. The minimum absolute atomic E-state index is 0. The highest BCUT2D eigenvalue weighted by molar-refractivity contribution is 6.30. The van der Waals surface area contributed by atoms with Crippen molar-refractivity contribution in [3.63, 3.8) is 0 Å². The van der Waals surface area contributed by atoms with E-state index in [-0.39, 0.29) is 31.7 Å². The fourth-order valence-corrected chi connectivity index (χ4v) is 4.68. The first-order valence-corrected chi connectivity index (χ1v) is 11.8. The Morgan fingerprint density at radius 2 is 1.74 bits per heavy atom. The second-order valence-electron chi connectivity index (χ2n) is 8.88. The molecule has 34 heavy (non-hydrogen) atoms. The van der Waals surface area contributed by atoms with Crippen molar-refractivity contribution in [2.24, 2.45) is 0 Å². The Hall–Kier alpha value is -2.43. The van der Waals surface area contributed by atoms with Crippen molar-refractivity contribution in [2.75, 3.05) is 19.8 Å². The van der Waals surface area contributed by atoms with Crippen LogP contribution in [0.4, 0.5) is 4.39 Å². The fourth-order valence-electron chi connectivity index (χ4n) is 4.48. The van der Waals surface area contributed by atoms with E-state index in [0.29, 0.717) is 5.56 Å². The van der Waals surface area contributed by atoms with Gasteiger partial charge in [0.05, 0.1) is 13.2 Å². The molecule has 0 aliphatic carbocycles. The topological polar surface area (TPSA) is 21.3 Å². The van der Waals surface area contributed by atoms with Gasteiger partial charge in [0.2, 0.25) is 0 Å². The van der Waals surface area contributed by atoms with Crippen LogP contribution in [0, 0.1) is 0 Å². The van der Waals surface area contributed by atoms with Crippen LogP contribution in [0.1, 0.15) is 29.7 Å². The van der Waals surface area contributed by atoms with Crippen molar-refractivity contribution in [2.45, 2.75) is 25.1 Å². The lowest BCUT2D eigenvalue weighted by Gasteiger charge is -2.34. The molecule has 4 aromatic carbocycles. The molecule has 2 nitrogen and oxygen atoms in total. The molecule has 0 saturated carbocycles. The summed E-state index contributed by atoms with van der Waals surface area (Å²) in [6.07, 6.45) is 0.908. The zero-order chi connectivity index (χ0) is 22.8. The predicted molar refractivity (Wildman–Crippen MR) is 142 cm³/mol. The highest BCUT2D eigenvalue weighted by atomic mass is 35.5. The lowest BCUT2D eigenvalue weighted by Crippen LogP contribution is -2.42. The van der Waals surface area contributed by atoms with Crippen LogP contribution in [0.3, 0.4) is 0 Å². The molecule has 0 spiro atoms. The Labute approximate surface area is 211 Å². The van der Waals surface area contributed by atoms with Crippen molar-refractivity contribution >= 4 is 34.8 Å². The Morgan fingerprint density at radius 1 is 0.971 bits per heavy atom. The van der Waals surface area contributed by atoms with E-state index >= 15 is 0 Å². The number of hydrogen-bond acceptors (Lipinski definition) is 2. The van der Waals surface area contributed by atoms with Crippen molar-refractivity contribution in [3.05, 3.63) is 107 Å². The minimum Gasteiger partial charge on any atom is -0.374 e. The Morgan fingerprint density at radius 3 is 2.44 bits per heavy atom. The molecule has 1 saturated heterocycles. The summed E-state index contributed by atoms with van der Waals surface area (Å²) in [7, 11) is 0. The van der Waals surface area contributed by atoms with Gasteiger partial charge >= 0.3 is 0 Å². The summed E-state index contributed by atoms with van der Waals surface area (Å²) in [5.74, 6) is 0. The van der Waals surface area contributed by atoms with E-state index in [0.717, 1.165) is 23.6 Å². The van der Waals surface area contributed by atoms with E-state index in [4.69, 9.17) is 16.3 Å². The summed E-state index contributed by atoms with van der Waals surface area (Å²) in [4.78, 5) is 0. The van der Waals surface area contributed by atoms with Gasteiger partial charge in [0, 0.05) is 11.1 Å². The van der Waals surface area contributed by atoms with Gasteiger partial charge in [0.25, 0.3) is 0 Å². The third-order valence-electron chi connectivity index (χ3n) is 6.51. The molecular formula is C29H28Cl2FNO. The normalized spacial score (nSPS) is 15.4. The van der Waals surface area contributed by atoms with E-state index in [1.54, 1.807) is 0 Å². The zero-order valence-electron chi connectivity index (χ0n) is 19.1. The highest BCUT2D eigenvalue weighted by Gasteiger charge is 2.40. The van der Waals surface area contributed by atoms with Crippen LogP contribution in [0.25, 0.3) is 21.9 Å². The van der Waals surface area contributed by atoms with E-state index in [9.17, 15) is 4.39 Å². The van der Waals surface area contributed by atoms with Crippen molar-refractivity contribution in [1.82, 2.24) is 5.32 Å². The van der Waals surface area contributed by atoms with E-state index in [2.05, 4.69) is 54.7 Å². The maximum atomic E-state index is 14.7. The standard InChI is InChI=1S/C29H27ClFNO.ClH/c1-20(23-6-4-7-26(30)17-23)32-14-13-21-15-24-5-2-3-8-27(24)28(16-21)22-9-11-25(12-10-22)29(31)18-33-19-29;/h2-12,15-17,20,32H,13-14,18-19H2,1H3;1H. The maximum absolute atomic E-state index is 14.7. The van der Waals surface area contributed by atoms with Gasteiger partial charge in [-0.15, -0.1) is 12.4 Å². The summed E-state index contributed by atoms with van der Waals surface area (Å²) in [5.41, 5.74) is 4.08. The number of benzene rings is 4. The number of alkyl halides is 1.